The summed E-state index contributed by atoms with van der Waals surface area (Å²) in [6.45, 7) is 2.99. The average molecular weight is 247 g/mol. The molecule has 1 fully saturated rings. The van der Waals surface area contributed by atoms with Crippen molar-refractivity contribution in [2.75, 3.05) is 13.2 Å². The van der Waals surface area contributed by atoms with Crippen LogP contribution in [0.15, 0.2) is 18.2 Å². The van der Waals surface area contributed by atoms with Crippen LogP contribution >= 0.6 is 0 Å². The second kappa shape index (κ2) is 4.98. The van der Waals surface area contributed by atoms with Crippen molar-refractivity contribution in [3.05, 3.63) is 29.3 Å². The molecule has 0 atom stereocenters. The van der Waals surface area contributed by atoms with Gasteiger partial charge >= 0.3 is 0 Å². The van der Waals surface area contributed by atoms with Crippen LogP contribution in [-0.2, 0) is 22.6 Å². The van der Waals surface area contributed by atoms with E-state index in [4.69, 9.17) is 9.47 Å². The van der Waals surface area contributed by atoms with Crippen molar-refractivity contribution in [1.82, 2.24) is 4.90 Å². The van der Waals surface area contributed by atoms with Crippen molar-refractivity contribution < 1.29 is 14.3 Å². The highest BCUT2D eigenvalue weighted by atomic mass is 16.5. The van der Waals surface area contributed by atoms with E-state index in [1.54, 1.807) is 4.90 Å². The van der Waals surface area contributed by atoms with Gasteiger partial charge in [-0.25, -0.2) is 0 Å². The van der Waals surface area contributed by atoms with Gasteiger partial charge in [-0.05, 0) is 23.3 Å². The summed E-state index contributed by atoms with van der Waals surface area (Å²) in [6.07, 6.45) is 3.08. The summed E-state index contributed by atoms with van der Waals surface area (Å²) in [4.78, 5) is 12.5. The Balaban J connectivity index is 1.69. The van der Waals surface area contributed by atoms with Gasteiger partial charge in [0.25, 0.3) is 0 Å². The molecule has 0 aliphatic carbocycles. The predicted octanol–water partition coefficient (Wildman–Crippen LogP) is 1.72. The van der Waals surface area contributed by atoms with E-state index in [0.717, 1.165) is 44.8 Å². The van der Waals surface area contributed by atoms with Crippen LogP contribution in [-0.4, -0.2) is 30.6 Å². The smallest absolute Gasteiger partial charge is 0.210 e. The SMILES string of the molecule is O=CN1Cc2ccc(OC3CCOCC3)cc2C1. The van der Waals surface area contributed by atoms with Crippen LogP contribution in [0.1, 0.15) is 24.0 Å². The number of ether oxygens (including phenoxy) is 2. The van der Waals surface area contributed by atoms with Crippen molar-refractivity contribution in [2.24, 2.45) is 0 Å². The lowest BCUT2D eigenvalue weighted by molar-refractivity contribution is -0.118. The summed E-state index contributed by atoms with van der Waals surface area (Å²) in [5.74, 6) is 0.911. The van der Waals surface area contributed by atoms with Crippen LogP contribution in [0.5, 0.6) is 5.75 Å². The Morgan fingerprint density at radius 3 is 2.78 bits per heavy atom. The fraction of sp³-hybridized carbons (Fsp3) is 0.500. The van der Waals surface area contributed by atoms with Gasteiger partial charge in [-0.2, -0.15) is 0 Å². The zero-order chi connectivity index (χ0) is 12.4. The summed E-state index contributed by atoms with van der Waals surface area (Å²) in [6, 6.07) is 6.13. The molecule has 1 aromatic carbocycles. The van der Waals surface area contributed by atoms with Crippen molar-refractivity contribution in [2.45, 2.75) is 32.0 Å². The number of carbonyl (C=O) groups excluding carboxylic acids is 1. The summed E-state index contributed by atoms with van der Waals surface area (Å²) < 4.78 is 11.3. The minimum atomic E-state index is 0.264. The lowest BCUT2D eigenvalue weighted by Gasteiger charge is -2.23. The molecule has 2 heterocycles. The molecule has 0 spiro atoms. The van der Waals surface area contributed by atoms with Crippen LogP contribution in [0.3, 0.4) is 0 Å². The monoisotopic (exact) mass is 247 g/mol. The maximum absolute atomic E-state index is 10.8. The number of hydrogen-bond donors (Lipinski definition) is 0. The molecule has 0 bridgehead atoms. The Morgan fingerprint density at radius 1 is 1.22 bits per heavy atom. The molecule has 4 heteroatoms. The molecule has 0 aromatic heterocycles. The van der Waals surface area contributed by atoms with Crippen LogP contribution in [0, 0.1) is 0 Å². The molecule has 1 aromatic rings. The van der Waals surface area contributed by atoms with E-state index in [-0.39, 0.29) is 6.10 Å². The lowest BCUT2D eigenvalue weighted by Crippen LogP contribution is -2.25. The fourth-order valence-corrected chi connectivity index (χ4v) is 2.53. The number of rotatable bonds is 3. The summed E-state index contributed by atoms with van der Waals surface area (Å²) in [5, 5.41) is 0. The van der Waals surface area contributed by atoms with E-state index in [0.29, 0.717) is 6.54 Å². The van der Waals surface area contributed by atoms with Gasteiger partial charge < -0.3 is 14.4 Å². The molecule has 1 saturated heterocycles. The van der Waals surface area contributed by atoms with Gasteiger partial charge in [-0.3, -0.25) is 4.79 Å². The third kappa shape index (κ3) is 2.34. The second-order valence-corrected chi connectivity index (χ2v) is 4.87. The third-order valence-electron chi connectivity index (χ3n) is 3.54. The number of benzene rings is 1. The third-order valence-corrected chi connectivity index (χ3v) is 3.54. The predicted molar refractivity (Wildman–Crippen MR) is 66.2 cm³/mol. The molecule has 0 saturated carbocycles. The molecule has 0 N–H and O–H groups in total. The first-order valence-corrected chi connectivity index (χ1v) is 6.41. The normalized spacial score (nSPS) is 19.7. The van der Waals surface area contributed by atoms with Crippen LogP contribution in [0.4, 0.5) is 0 Å². The Morgan fingerprint density at radius 2 is 2.00 bits per heavy atom. The second-order valence-electron chi connectivity index (χ2n) is 4.87. The Labute approximate surface area is 106 Å². The molecule has 1 amide bonds. The largest absolute Gasteiger partial charge is 0.490 e. The van der Waals surface area contributed by atoms with E-state index < -0.39 is 0 Å². The summed E-state index contributed by atoms with van der Waals surface area (Å²) in [7, 11) is 0. The Bertz CT molecular complexity index is 441. The van der Waals surface area contributed by atoms with E-state index in [1.807, 2.05) is 6.07 Å². The highest BCUT2D eigenvalue weighted by Gasteiger charge is 2.19. The van der Waals surface area contributed by atoms with Crippen LogP contribution < -0.4 is 4.74 Å². The van der Waals surface area contributed by atoms with Gasteiger partial charge in [0.15, 0.2) is 0 Å². The molecule has 3 rings (SSSR count). The Hall–Kier alpha value is -1.55. The van der Waals surface area contributed by atoms with Crippen LogP contribution in [0.25, 0.3) is 0 Å². The van der Waals surface area contributed by atoms with Crippen molar-refractivity contribution >= 4 is 6.41 Å². The Kier molecular flexibility index (Phi) is 3.19. The molecule has 2 aliphatic heterocycles. The molecular formula is C14H17NO3. The van der Waals surface area contributed by atoms with E-state index in [2.05, 4.69) is 12.1 Å². The average Bonchev–Trinajstić information content (AvgIpc) is 2.82. The van der Waals surface area contributed by atoms with Crippen molar-refractivity contribution in [3.8, 4) is 5.75 Å². The summed E-state index contributed by atoms with van der Waals surface area (Å²) >= 11 is 0. The highest BCUT2D eigenvalue weighted by molar-refractivity contribution is 5.51. The van der Waals surface area contributed by atoms with Crippen molar-refractivity contribution in [3.63, 3.8) is 0 Å². The number of fused-ring (bicyclic) bond motifs is 1. The molecular weight excluding hydrogens is 230 g/mol. The minimum absolute atomic E-state index is 0.264. The molecule has 18 heavy (non-hydrogen) atoms. The first-order valence-electron chi connectivity index (χ1n) is 6.41. The first-order chi connectivity index (χ1) is 8.85. The number of carbonyl (C=O) groups is 1. The zero-order valence-corrected chi connectivity index (χ0v) is 10.3. The van der Waals surface area contributed by atoms with Gasteiger partial charge in [0.05, 0.1) is 13.2 Å². The topological polar surface area (TPSA) is 38.8 Å². The van der Waals surface area contributed by atoms with E-state index in [9.17, 15) is 4.79 Å². The molecule has 0 unspecified atom stereocenters. The van der Waals surface area contributed by atoms with E-state index >= 15 is 0 Å². The van der Waals surface area contributed by atoms with E-state index in [1.165, 1.54) is 11.1 Å². The number of hydrogen-bond acceptors (Lipinski definition) is 3. The molecule has 2 aliphatic rings. The van der Waals surface area contributed by atoms with Gasteiger partial charge in [-0.15, -0.1) is 0 Å². The van der Waals surface area contributed by atoms with Gasteiger partial charge in [-0.1, -0.05) is 6.07 Å². The van der Waals surface area contributed by atoms with Crippen molar-refractivity contribution in [1.29, 1.82) is 0 Å². The quantitative estimate of drug-likeness (QED) is 0.763. The first kappa shape index (κ1) is 11.5. The van der Waals surface area contributed by atoms with Crippen LogP contribution in [0.2, 0.25) is 0 Å². The fourth-order valence-electron chi connectivity index (χ4n) is 2.53. The maximum atomic E-state index is 10.8. The van der Waals surface area contributed by atoms with Gasteiger partial charge in [0, 0.05) is 25.9 Å². The standard InChI is InChI=1S/C14H17NO3/c16-10-15-8-11-1-2-14(7-12(11)9-15)18-13-3-5-17-6-4-13/h1-2,7,10,13H,3-6,8-9H2. The number of amides is 1. The summed E-state index contributed by atoms with van der Waals surface area (Å²) in [5.41, 5.74) is 2.42. The maximum Gasteiger partial charge on any atom is 0.210 e. The number of nitrogens with zero attached hydrogens (tertiary/aromatic N) is 1. The van der Waals surface area contributed by atoms with Gasteiger partial charge in [0.1, 0.15) is 11.9 Å². The molecule has 96 valence electrons. The highest BCUT2D eigenvalue weighted by Crippen LogP contribution is 2.27. The molecule has 0 radical (unpaired) electrons. The minimum Gasteiger partial charge on any atom is -0.490 e. The zero-order valence-electron chi connectivity index (χ0n) is 10.3. The lowest BCUT2D eigenvalue weighted by atomic mass is 10.1. The molecule has 4 nitrogen and oxygen atoms in total. The van der Waals surface area contributed by atoms with Gasteiger partial charge in [0.2, 0.25) is 6.41 Å².